The number of amides is 1. The lowest BCUT2D eigenvalue weighted by atomic mass is 10.1. The number of nitrogens with zero attached hydrogens (tertiary/aromatic N) is 4. The lowest BCUT2D eigenvalue weighted by Crippen LogP contribution is -2.38. The van der Waals surface area contributed by atoms with Gasteiger partial charge in [0.05, 0.1) is 0 Å². The number of fused-ring (bicyclic) bond motifs is 1. The van der Waals surface area contributed by atoms with Gasteiger partial charge in [0.25, 0.3) is 5.78 Å². The van der Waals surface area contributed by atoms with Gasteiger partial charge in [0.15, 0.2) is 0 Å². The molecule has 2 aromatic heterocycles. The van der Waals surface area contributed by atoms with Crippen LogP contribution in [0.1, 0.15) is 25.0 Å². The van der Waals surface area contributed by atoms with E-state index >= 15 is 0 Å². The highest BCUT2D eigenvalue weighted by Crippen LogP contribution is 2.15. The van der Waals surface area contributed by atoms with E-state index in [0.717, 1.165) is 37.3 Å². The van der Waals surface area contributed by atoms with Crippen molar-refractivity contribution in [2.24, 2.45) is 0 Å². The van der Waals surface area contributed by atoms with Gasteiger partial charge < -0.3 is 10.6 Å². The second kappa shape index (κ2) is 4.83. The first-order valence-electron chi connectivity index (χ1n) is 6.46. The number of aryl methyl sites for hydroxylation is 1. The van der Waals surface area contributed by atoms with Crippen molar-refractivity contribution >= 4 is 17.5 Å². The number of rotatable bonds is 2. The predicted molar refractivity (Wildman–Crippen MR) is 69.8 cm³/mol. The van der Waals surface area contributed by atoms with Gasteiger partial charge in [-0.1, -0.05) is 0 Å². The minimum absolute atomic E-state index is 0.0419. The summed E-state index contributed by atoms with van der Waals surface area (Å²) in [5.41, 5.74) is 0.844. The molecule has 0 saturated carbocycles. The van der Waals surface area contributed by atoms with Crippen molar-refractivity contribution in [2.75, 3.05) is 11.9 Å². The van der Waals surface area contributed by atoms with Crippen molar-refractivity contribution in [1.29, 1.82) is 0 Å². The molecule has 0 aliphatic carbocycles. The first-order valence-corrected chi connectivity index (χ1v) is 6.46. The van der Waals surface area contributed by atoms with E-state index in [1.807, 2.05) is 13.0 Å². The second-order valence-electron chi connectivity index (χ2n) is 4.74. The average molecular weight is 260 g/mol. The van der Waals surface area contributed by atoms with Gasteiger partial charge in [0, 0.05) is 18.3 Å². The Morgan fingerprint density at radius 3 is 3.26 bits per heavy atom. The number of carbonyl (C=O) groups is 1. The maximum atomic E-state index is 11.9. The zero-order valence-corrected chi connectivity index (χ0v) is 10.8. The van der Waals surface area contributed by atoms with Crippen molar-refractivity contribution in [3.8, 4) is 0 Å². The molecule has 1 unspecified atom stereocenters. The van der Waals surface area contributed by atoms with Crippen LogP contribution in [0, 0.1) is 6.92 Å². The fourth-order valence-electron chi connectivity index (χ4n) is 2.29. The molecule has 1 saturated heterocycles. The Morgan fingerprint density at radius 2 is 2.37 bits per heavy atom. The van der Waals surface area contributed by atoms with E-state index in [1.165, 1.54) is 6.33 Å². The van der Waals surface area contributed by atoms with Crippen LogP contribution >= 0.6 is 0 Å². The minimum Gasteiger partial charge on any atom is -0.358 e. The highest BCUT2D eigenvalue weighted by atomic mass is 16.2. The Balaban J connectivity index is 1.91. The summed E-state index contributed by atoms with van der Waals surface area (Å²) in [5, 5.41) is 10.3. The lowest BCUT2D eigenvalue weighted by molar-refractivity contribution is -0.121. The summed E-state index contributed by atoms with van der Waals surface area (Å²) >= 11 is 0. The van der Waals surface area contributed by atoms with E-state index in [0.29, 0.717) is 5.78 Å². The second-order valence-corrected chi connectivity index (χ2v) is 4.74. The molecule has 1 fully saturated rings. The van der Waals surface area contributed by atoms with E-state index < -0.39 is 0 Å². The van der Waals surface area contributed by atoms with E-state index in [9.17, 15) is 4.79 Å². The fourth-order valence-corrected chi connectivity index (χ4v) is 2.29. The third kappa shape index (κ3) is 2.35. The summed E-state index contributed by atoms with van der Waals surface area (Å²) in [5.74, 6) is 1.33. The molecule has 7 nitrogen and oxygen atoms in total. The molecule has 2 N–H and O–H groups in total. The highest BCUT2D eigenvalue weighted by Gasteiger charge is 2.21. The Labute approximate surface area is 110 Å². The molecule has 1 aliphatic rings. The zero-order valence-electron chi connectivity index (χ0n) is 10.8. The van der Waals surface area contributed by atoms with Crippen LogP contribution in [0.5, 0.6) is 0 Å². The van der Waals surface area contributed by atoms with E-state index in [1.54, 1.807) is 4.52 Å². The molecule has 1 aliphatic heterocycles. The molecule has 3 rings (SSSR count). The summed E-state index contributed by atoms with van der Waals surface area (Å²) in [6.07, 6.45) is 4.34. The monoisotopic (exact) mass is 260 g/mol. The topological polar surface area (TPSA) is 84.2 Å². The molecule has 0 aromatic carbocycles. The zero-order chi connectivity index (χ0) is 13.2. The van der Waals surface area contributed by atoms with Crippen molar-refractivity contribution < 1.29 is 4.79 Å². The van der Waals surface area contributed by atoms with Gasteiger partial charge in [0.2, 0.25) is 5.91 Å². The van der Waals surface area contributed by atoms with Gasteiger partial charge in [-0.25, -0.2) is 4.98 Å². The summed E-state index contributed by atoms with van der Waals surface area (Å²) in [6, 6.07) is 1.65. The van der Waals surface area contributed by atoms with Crippen LogP contribution < -0.4 is 10.6 Å². The number of hydrogen-bond donors (Lipinski definition) is 2. The molecular formula is C12H16N6O. The Hall–Kier alpha value is -2.18. The summed E-state index contributed by atoms with van der Waals surface area (Å²) in [6.45, 7) is 2.65. The molecule has 0 radical (unpaired) electrons. The van der Waals surface area contributed by atoms with Gasteiger partial charge in [-0.15, -0.1) is 0 Å². The maximum absolute atomic E-state index is 11.9. The van der Waals surface area contributed by atoms with Crippen LogP contribution in [0.3, 0.4) is 0 Å². The standard InChI is InChI=1S/C12H16N6O/c1-8-6-10(18-12(16-8)14-7-15-18)17-9-4-2-3-5-13-11(9)19/h6-7,9,17H,2-5H2,1H3,(H,13,19). The number of nitrogens with one attached hydrogen (secondary N) is 2. The fraction of sp³-hybridized carbons (Fsp3) is 0.500. The van der Waals surface area contributed by atoms with Crippen molar-refractivity contribution in [1.82, 2.24) is 24.9 Å². The molecule has 7 heteroatoms. The number of hydrogen-bond acceptors (Lipinski definition) is 5. The molecule has 100 valence electrons. The number of anilines is 1. The van der Waals surface area contributed by atoms with Crippen LogP contribution in [0.4, 0.5) is 5.82 Å². The first kappa shape index (κ1) is 11.9. The number of carbonyl (C=O) groups excluding carboxylic acids is 1. The Kier molecular flexibility index (Phi) is 3.02. The largest absolute Gasteiger partial charge is 0.358 e. The van der Waals surface area contributed by atoms with Crippen LogP contribution in [-0.4, -0.2) is 38.1 Å². The first-order chi connectivity index (χ1) is 9.24. The van der Waals surface area contributed by atoms with E-state index in [2.05, 4.69) is 25.7 Å². The van der Waals surface area contributed by atoms with Crippen LogP contribution in [-0.2, 0) is 4.79 Å². The molecular weight excluding hydrogens is 244 g/mol. The van der Waals surface area contributed by atoms with Gasteiger partial charge in [-0.3, -0.25) is 4.79 Å². The summed E-state index contributed by atoms with van der Waals surface area (Å²) < 4.78 is 1.62. The van der Waals surface area contributed by atoms with Crippen molar-refractivity contribution in [2.45, 2.75) is 32.2 Å². The van der Waals surface area contributed by atoms with Crippen molar-refractivity contribution in [3.05, 3.63) is 18.1 Å². The molecule has 2 aromatic rings. The molecule has 1 amide bonds. The maximum Gasteiger partial charge on any atom is 0.254 e. The molecule has 3 heterocycles. The van der Waals surface area contributed by atoms with Gasteiger partial charge in [0.1, 0.15) is 18.2 Å². The summed E-state index contributed by atoms with van der Waals surface area (Å²) in [4.78, 5) is 20.3. The van der Waals surface area contributed by atoms with Crippen LogP contribution in [0.25, 0.3) is 5.78 Å². The normalized spacial score (nSPS) is 20.1. The van der Waals surface area contributed by atoms with Gasteiger partial charge in [-0.2, -0.15) is 14.6 Å². The molecule has 0 spiro atoms. The van der Waals surface area contributed by atoms with E-state index in [4.69, 9.17) is 0 Å². The molecule has 19 heavy (non-hydrogen) atoms. The minimum atomic E-state index is -0.225. The Bertz CT molecular complexity index is 607. The summed E-state index contributed by atoms with van der Waals surface area (Å²) in [7, 11) is 0. The van der Waals surface area contributed by atoms with Gasteiger partial charge in [-0.05, 0) is 26.2 Å². The average Bonchev–Trinajstić information content (AvgIpc) is 2.75. The third-order valence-electron chi connectivity index (χ3n) is 3.24. The van der Waals surface area contributed by atoms with Crippen LogP contribution in [0.2, 0.25) is 0 Å². The molecule has 0 bridgehead atoms. The molecule has 1 atom stereocenters. The Morgan fingerprint density at radius 1 is 1.47 bits per heavy atom. The SMILES string of the molecule is Cc1cc(NC2CCCCNC2=O)n2ncnc2n1. The third-order valence-corrected chi connectivity index (χ3v) is 3.24. The van der Waals surface area contributed by atoms with E-state index in [-0.39, 0.29) is 11.9 Å². The lowest BCUT2D eigenvalue weighted by Gasteiger charge is -2.17. The predicted octanol–water partition coefficient (Wildman–Crippen LogP) is 0.513. The van der Waals surface area contributed by atoms with Crippen LogP contribution in [0.15, 0.2) is 12.4 Å². The smallest absolute Gasteiger partial charge is 0.254 e. The van der Waals surface area contributed by atoms with Crippen molar-refractivity contribution in [3.63, 3.8) is 0 Å². The van der Waals surface area contributed by atoms with Gasteiger partial charge >= 0.3 is 0 Å². The number of aromatic nitrogens is 4. The highest BCUT2D eigenvalue weighted by molar-refractivity contribution is 5.84. The quantitative estimate of drug-likeness (QED) is 0.822.